The van der Waals surface area contributed by atoms with Crippen LogP contribution in [0.5, 0.6) is 0 Å². The van der Waals surface area contributed by atoms with Gasteiger partial charge in [0.05, 0.1) is 23.8 Å². The fourth-order valence-corrected chi connectivity index (χ4v) is 3.53. The van der Waals surface area contributed by atoms with Gasteiger partial charge in [0, 0.05) is 31.7 Å². The Bertz CT molecular complexity index is 731. The number of carbonyl (C=O) groups excluding carboxylic acids is 1. The van der Waals surface area contributed by atoms with Crippen LogP contribution >= 0.6 is 0 Å². The summed E-state index contributed by atoms with van der Waals surface area (Å²) in [5.41, 5.74) is 2.11. The highest BCUT2D eigenvalue weighted by Gasteiger charge is 2.44. The van der Waals surface area contributed by atoms with Crippen molar-refractivity contribution in [1.82, 2.24) is 15.4 Å². The molecule has 1 amide bonds. The Morgan fingerprint density at radius 3 is 2.43 bits per heavy atom. The molecule has 3 rings (SSSR count). The maximum absolute atomic E-state index is 12.4. The molecule has 2 saturated heterocycles. The Hall–Kier alpha value is -2.14. The lowest BCUT2D eigenvalue weighted by molar-refractivity contribution is -0.192. The number of likely N-dealkylation sites (tertiary alicyclic amines) is 1. The van der Waals surface area contributed by atoms with Crippen LogP contribution in [-0.2, 0) is 20.9 Å². The largest absolute Gasteiger partial charge is 0.490 e. The van der Waals surface area contributed by atoms with Crippen molar-refractivity contribution in [3.8, 4) is 0 Å². The number of halogens is 3. The molecule has 1 aromatic rings. The number of carbonyl (C=O) groups is 2. The highest BCUT2D eigenvalue weighted by Crippen LogP contribution is 2.33. The fourth-order valence-electron chi connectivity index (χ4n) is 3.53. The molecule has 3 unspecified atom stereocenters. The minimum Gasteiger partial charge on any atom is -0.475 e. The van der Waals surface area contributed by atoms with Crippen molar-refractivity contribution in [2.75, 3.05) is 19.6 Å². The van der Waals surface area contributed by atoms with Crippen molar-refractivity contribution in [3.05, 3.63) is 17.0 Å². The number of aryl methyl sites for hydroxylation is 2. The van der Waals surface area contributed by atoms with Gasteiger partial charge in [-0.1, -0.05) is 19.0 Å². The number of hydrogen-bond acceptors (Lipinski definition) is 6. The lowest BCUT2D eigenvalue weighted by Gasteiger charge is -2.32. The van der Waals surface area contributed by atoms with Gasteiger partial charge in [-0.05, 0) is 26.2 Å². The summed E-state index contributed by atoms with van der Waals surface area (Å²) in [5, 5.41) is 14.2. The number of aromatic nitrogens is 1. The number of nitrogens with zero attached hydrogens (tertiary/aromatic N) is 2. The summed E-state index contributed by atoms with van der Waals surface area (Å²) in [6.07, 6.45) is -4.10. The molecule has 0 spiro atoms. The van der Waals surface area contributed by atoms with E-state index in [2.05, 4.69) is 29.2 Å². The normalized spacial score (nSPS) is 23.8. The first-order valence-electron chi connectivity index (χ1n) is 9.75. The number of morpholine rings is 1. The van der Waals surface area contributed by atoms with Gasteiger partial charge in [0.15, 0.2) is 0 Å². The van der Waals surface area contributed by atoms with Gasteiger partial charge in [0.25, 0.3) is 0 Å². The van der Waals surface area contributed by atoms with E-state index in [1.807, 2.05) is 13.8 Å². The zero-order valence-electron chi connectivity index (χ0n) is 17.5. The number of carboxylic acids is 1. The lowest BCUT2D eigenvalue weighted by atomic mass is 9.99. The first-order chi connectivity index (χ1) is 13.9. The second-order valence-corrected chi connectivity index (χ2v) is 8.08. The van der Waals surface area contributed by atoms with E-state index in [0.717, 1.165) is 49.6 Å². The number of rotatable bonds is 5. The number of amides is 1. The van der Waals surface area contributed by atoms with E-state index >= 15 is 0 Å². The van der Waals surface area contributed by atoms with Crippen molar-refractivity contribution in [1.29, 1.82) is 0 Å². The molecule has 2 aliphatic rings. The van der Waals surface area contributed by atoms with Gasteiger partial charge in [-0.3, -0.25) is 9.69 Å². The van der Waals surface area contributed by atoms with Crippen LogP contribution in [0.1, 0.15) is 37.3 Å². The van der Waals surface area contributed by atoms with Crippen LogP contribution in [-0.4, -0.2) is 65.1 Å². The molecule has 2 fully saturated rings. The van der Waals surface area contributed by atoms with E-state index in [4.69, 9.17) is 19.2 Å². The van der Waals surface area contributed by atoms with E-state index in [1.54, 1.807) is 0 Å². The molecule has 3 atom stereocenters. The molecule has 0 saturated carbocycles. The molecular weight excluding hydrogens is 407 g/mol. The lowest BCUT2D eigenvalue weighted by Crippen LogP contribution is -2.45. The molecule has 8 nitrogen and oxygen atoms in total. The SMILES string of the molecule is Cc1noc(C)c1CN1CC2CC(C(=O)NCC(C)C)C(C1)O2.O=C(O)C(F)(F)F. The number of nitrogens with one attached hydrogen (secondary N) is 1. The van der Waals surface area contributed by atoms with Crippen LogP contribution in [0.4, 0.5) is 13.2 Å². The van der Waals surface area contributed by atoms with E-state index in [9.17, 15) is 18.0 Å². The third-order valence-corrected chi connectivity index (χ3v) is 5.06. The van der Waals surface area contributed by atoms with Crippen LogP contribution in [0, 0.1) is 25.7 Å². The van der Waals surface area contributed by atoms with E-state index in [1.165, 1.54) is 0 Å². The summed E-state index contributed by atoms with van der Waals surface area (Å²) in [4.78, 5) is 23.6. The van der Waals surface area contributed by atoms with Crippen LogP contribution < -0.4 is 5.32 Å². The van der Waals surface area contributed by atoms with Crippen LogP contribution in [0.25, 0.3) is 0 Å². The Morgan fingerprint density at radius 1 is 1.30 bits per heavy atom. The van der Waals surface area contributed by atoms with E-state index in [-0.39, 0.29) is 24.0 Å². The summed E-state index contributed by atoms with van der Waals surface area (Å²) >= 11 is 0. The second-order valence-electron chi connectivity index (χ2n) is 8.08. The quantitative estimate of drug-likeness (QED) is 0.731. The summed E-state index contributed by atoms with van der Waals surface area (Å²) in [6.45, 7) is 11.3. The number of carboxylic acid groups (broad SMARTS) is 1. The Labute approximate surface area is 172 Å². The summed E-state index contributed by atoms with van der Waals surface area (Å²) < 4.78 is 43.0. The van der Waals surface area contributed by atoms with Gasteiger partial charge in [-0.25, -0.2) is 4.79 Å². The van der Waals surface area contributed by atoms with Crippen molar-refractivity contribution in [2.24, 2.45) is 11.8 Å². The molecule has 0 aromatic carbocycles. The van der Waals surface area contributed by atoms with Gasteiger partial charge < -0.3 is 19.7 Å². The smallest absolute Gasteiger partial charge is 0.475 e. The zero-order valence-corrected chi connectivity index (χ0v) is 17.5. The van der Waals surface area contributed by atoms with Crippen LogP contribution in [0.3, 0.4) is 0 Å². The second kappa shape index (κ2) is 9.78. The Balaban J connectivity index is 0.000000396. The number of hydrogen-bond donors (Lipinski definition) is 2. The van der Waals surface area contributed by atoms with Gasteiger partial charge in [-0.15, -0.1) is 0 Å². The predicted octanol–water partition coefficient (Wildman–Crippen LogP) is 2.29. The number of fused-ring (bicyclic) bond motifs is 2. The Kier molecular flexibility index (Phi) is 7.87. The van der Waals surface area contributed by atoms with E-state index < -0.39 is 12.1 Å². The van der Waals surface area contributed by atoms with Crippen molar-refractivity contribution >= 4 is 11.9 Å². The summed E-state index contributed by atoms with van der Waals surface area (Å²) in [7, 11) is 0. The summed E-state index contributed by atoms with van der Waals surface area (Å²) in [5.74, 6) is -1.28. The third-order valence-electron chi connectivity index (χ3n) is 5.06. The highest BCUT2D eigenvalue weighted by molar-refractivity contribution is 5.79. The average molecular weight is 435 g/mol. The molecule has 170 valence electrons. The molecule has 0 aliphatic carbocycles. The van der Waals surface area contributed by atoms with Crippen molar-refractivity contribution in [3.63, 3.8) is 0 Å². The minimum atomic E-state index is -5.08. The van der Waals surface area contributed by atoms with Crippen molar-refractivity contribution in [2.45, 2.75) is 59.0 Å². The zero-order chi connectivity index (χ0) is 22.6. The molecular formula is C19H28F3N3O5. The first kappa shape index (κ1) is 24.1. The van der Waals surface area contributed by atoms with E-state index in [0.29, 0.717) is 5.92 Å². The molecule has 30 heavy (non-hydrogen) atoms. The predicted molar refractivity (Wildman–Crippen MR) is 99.6 cm³/mol. The highest BCUT2D eigenvalue weighted by atomic mass is 19.4. The van der Waals surface area contributed by atoms with Gasteiger partial charge in [0.2, 0.25) is 5.91 Å². The van der Waals surface area contributed by atoms with Gasteiger partial charge in [0.1, 0.15) is 5.76 Å². The summed E-state index contributed by atoms with van der Waals surface area (Å²) in [6, 6.07) is 0. The number of alkyl halides is 3. The average Bonchev–Trinajstić information content (AvgIpc) is 3.12. The van der Waals surface area contributed by atoms with Gasteiger partial charge >= 0.3 is 12.1 Å². The molecule has 2 aliphatic heterocycles. The molecule has 1 aromatic heterocycles. The molecule has 2 bridgehead atoms. The third kappa shape index (κ3) is 6.43. The maximum Gasteiger partial charge on any atom is 0.490 e. The number of ether oxygens (including phenoxy) is 1. The molecule has 3 heterocycles. The van der Waals surface area contributed by atoms with Crippen molar-refractivity contribution < 1.29 is 37.1 Å². The fraction of sp³-hybridized carbons (Fsp3) is 0.737. The topological polar surface area (TPSA) is 105 Å². The molecule has 11 heteroatoms. The number of aliphatic carboxylic acids is 1. The van der Waals surface area contributed by atoms with Crippen LogP contribution in [0.2, 0.25) is 0 Å². The van der Waals surface area contributed by atoms with Crippen LogP contribution in [0.15, 0.2) is 4.52 Å². The molecule has 2 N–H and O–H groups in total. The Morgan fingerprint density at radius 2 is 1.93 bits per heavy atom. The minimum absolute atomic E-state index is 0.00128. The monoisotopic (exact) mass is 435 g/mol. The standard InChI is InChI=1S/C17H27N3O3.C2HF3O2/c1-10(2)6-18-17(21)14-5-13-7-20(9-16(14)22-13)8-15-11(3)19-23-12(15)4;3-2(4,5)1(6)7/h10,13-14,16H,5-9H2,1-4H3,(H,18,21);(H,6,7). The maximum atomic E-state index is 12.4. The molecule has 0 radical (unpaired) electrons. The van der Waals surface area contributed by atoms with Gasteiger partial charge in [-0.2, -0.15) is 13.2 Å². The first-order valence-corrected chi connectivity index (χ1v) is 9.75.